The first kappa shape index (κ1) is 15.6. The Morgan fingerprint density at radius 1 is 1.15 bits per heavy atom. The number of anilines is 1. The van der Waals surface area contributed by atoms with Crippen LogP contribution < -0.4 is 10.9 Å². The number of rotatable bonds is 3. The lowest BCUT2D eigenvalue weighted by molar-refractivity contribution is 0.698. The van der Waals surface area contributed by atoms with Crippen LogP contribution in [0.1, 0.15) is 28.8 Å². The topological polar surface area (TPSA) is 64.2 Å². The van der Waals surface area contributed by atoms with E-state index in [1.807, 2.05) is 41.8 Å². The molecule has 0 radical (unpaired) electrons. The van der Waals surface area contributed by atoms with Crippen molar-refractivity contribution in [1.82, 2.24) is 19.2 Å². The second-order valence-corrected chi connectivity index (χ2v) is 7.76. The number of nitrogens with one attached hydrogen (secondary N) is 1. The predicted octanol–water partition coefficient (Wildman–Crippen LogP) is 3.07. The molecule has 132 valence electrons. The summed E-state index contributed by atoms with van der Waals surface area (Å²) in [4.78, 5) is 15.8. The van der Waals surface area contributed by atoms with Crippen LogP contribution in [0.15, 0.2) is 35.1 Å². The molecular weight excluding hydrogens is 346 g/mol. The van der Waals surface area contributed by atoms with E-state index in [1.165, 1.54) is 16.9 Å². The Kier molecular flexibility index (Phi) is 3.56. The van der Waals surface area contributed by atoms with Crippen LogP contribution in [0.2, 0.25) is 0 Å². The standard InChI is InChI=1S/C19H19N5OS/c1-20-18-21-22-19-23(11-12-7-3-2-4-8-12)16(25)15-13-9-5-6-10-14(13)26-17(15)24(18)19/h2-4,7-8H,5-6,9-11H2,1H3,(H,20,21). The smallest absolute Gasteiger partial charge is 0.264 e. The molecule has 26 heavy (non-hydrogen) atoms. The summed E-state index contributed by atoms with van der Waals surface area (Å²) in [5.74, 6) is 1.26. The number of nitrogens with zero attached hydrogens (tertiary/aromatic N) is 4. The Hall–Kier alpha value is -2.67. The molecule has 0 saturated carbocycles. The van der Waals surface area contributed by atoms with Gasteiger partial charge in [-0.15, -0.1) is 21.5 Å². The Labute approximate surface area is 154 Å². The van der Waals surface area contributed by atoms with Crippen molar-refractivity contribution < 1.29 is 0 Å². The molecule has 3 heterocycles. The molecule has 0 bridgehead atoms. The summed E-state index contributed by atoms with van der Waals surface area (Å²) in [5, 5.41) is 12.6. The lowest BCUT2D eigenvalue weighted by atomic mass is 9.97. The van der Waals surface area contributed by atoms with E-state index < -0.39 is 0 Å². The summed E-state index contributed by atoms with van der Waals surface area (Å²) in [6.45, 7) is 0.492. The van der Waals surface area contributed by atoms with Crippen LogP contribution in [0.3, 0.4) is 0 Å². The van der Waals surface area contributed by atoms with E-state index in [-0.39, 0.29) is 5.56 Å². The summed E-state index contributed by atoms with van der Waals surface area (Å²) in [6, 6.07) is 10.0. The summed E-state index contributed by atoms with van der Waals surface area (Å²) >= 11 is 1.72. The number of aromatic nitrogens is 4. The van der Waals surface area contributed by atoms with E-state index in [0.717, 1.165) is 35.0 Å². The number of aryl methyl sites for hydroxylation is 2. The molecule has 1 N–H and O–H groups in total. The maximum absolute atomic E-state index is 13.4. The van der Waals surface area contributed by atoms with Gasteiger partial charge in [-0.2, -0.15) is 0 Å². The average Bonchev–Trinajstić information content (AvgIpc) is 3.27. The average molecular weight is 365 g/mol. The third-order valence-corrected chi connectivity index (χ3v) is 6.39. The molecular formula is C19H19N5OS. The van der Waals surface area contributed by atoms with Crippen LogP contribution in [0.4, 0.5) is 5.95 Å². The van der Waals surface area contributed by atoms with E-state index in [2.05, 4.69) is 15.5 Å². The van der Waals surface area contributed by atoms with E-state index >= 15 is 0 Å². The number of thiophene rings is 1. The van der Waals surface area contributed by atoms with Gasteiger partial charge in [0, 0.05) is 11.9 Å². The molecule has 1 aromatic carbocycles. The lowest BCUT2D eigenvalue weighted by Crippen LogP contribution is -2.24. The summed E-state index contributed by atoms with van der Waals surface area (Å²) in [5.41, 5.74) is 2.36. The van der Waals surface area contributed by atoms with Gasteiger partial charge < -0.3 is 5.32 Å². The molecule has 0 aliphatic heterocycles. The van der Waals surface area contributed by atoms with Crippen LogP contribution in [-0.4, -0.2) is 26.2 Å². The largest absolute Gasteiger partial charge is 0.357 e. The molecule has 0 atom stereocenters. The lowest BCUT2D eigenvalue weighted by Gasteiger charge is -2.12. The molecule has 0 fully saturated rings. The molecule has 3 aromatic heterocycles. The Morgan fingerprint density at radius 2 is 1.96 bits per heavy atom. The zero-order chi connectivity index (χ0) is 17.7. The van der Waals surface area contributed by atoms with E-state index in [9.17, 15) is 4.79 Å². The Bertz CT molecular complexity index is 1170. The van der Waals surface area contributed by atoms with Crippen molar-refractivity contribution in [1.29, 1.82) is 0 Å². The second-order valence-electron chi connectivity index (χ2n) is 6.68. The SMILES string of the molecule is CNc1nnc2n(Cc3ccccc3)c(=O)c3c4c(sc3n12)CCCC4. The second kappa shape index (κ2) is 5.95. The zero-order valence-corrected chi connectivity index (χ0v) is 15.3. The number of benzene rings is 1. The van der Waals surface area contributed by atoms with E-state index in [0.29, 0.717) is 18.3 Å². The third-order valence-electron chi connectivity index (χ3n) is 5.11. The van der Waals surface area contributed by atoms with Gasteiger partial charge in [0.05, 0.1) is 11.9 Å². The Balaban J connectivity index is 1.87. The van der Waals surface area contributed by atoms with Crippen molar-refractivity contribution in [2.24, 2.45) is 0 Å². The van der Waals surface area contributed by atoms with Gasteiger partial charge in [0.1, 0.15) is 4.83 Å². The molecule has 1 aliphatic carbocycles. The van der Waals surface area contributed by atoms with Crippen LogP contribution in [0.25, 0.3) is 16.0 Å². The first-order valence-corrected chi connectivity index (χ1v) is 9.73. The molecule has 0 amide bonds. The van der Waals surface area contributed by atoms with Crippen molar-refractivity contribution in [2.75, 3.05) is 12.4 Å². The first-order chi connectivity index (χ1) is 12.8. The van der Waals surface area contributed by atoms with E-state index in [4.69, 9.17) is 0 Å². The molecule has 7 heteroatoms. The van der Waals surface area contributed by atoms with Gasteiger partial charge in [-0.05, 0) is 36.8 Å². The van der Waals surface area contributed by atoms with Crippen LogP contribution in [0.5, 0.6) is 0 Å². The van der Waals surface area contributed by atoms with Gasteiger partial charge in [-0.1, -0.05) is 30.3 Å². The highest BCUT2D eigenvalue weighted by atomic mass is 32.1. The molecule has 0 spiro atoms. The third kappa shape index (κ3) is 2.20. The summed E-state index contributed by atoms with van der Waals surface area (Å²) < 4.78 is 3.76. The minimum absolute atomic E-state index is 0.0470. The van der Waals surface area contributed by atoms with Gasteiger partial charge in [-0.25, -0.2) is 4.40 Å². The van der Waals surface area contributed by atoms with Crippen molar-refractivity contribution in [3.63, 3.8) is 0 Å². The van der Waals surface area contributed by atoms with Crippen LogP contribution in [-0.2, 0) is 19.4 Å². The molecule has 1 aliphatic rings. The molecule has 5 rings (SSSR count). The van der Waals surface area contributed by atoms with Crippen LogP contribution >= 0.6 is 11.3 Å². The van der Waals surface area contributed by atoms with Gasteiger partial charge in [0.2, 0.25) is 11.7 Å². The fourth-order valence-electron chi connectivity index (χ4n) is 3.86. The fraction of sp³-hybridized carbons (Fsp3) is 0.316. The van der Waals surface area contributed by atoms with Crippen molar-refractivity contribution in [2.45, 2.75) is 32.2 Å². The number of hydrogen-bond donors (Lipinski definition) is 1. The van der Waals surface area contributed by atoms with Crippen LogP contribution in [0, 0.1) is 0 Å². The summed E-state index contributed by atoms with van der Waals surface area (Å²) in [6.07, 6.45) is 4.39. The molecule has 6 nitrogen and oxygen atoms in total. The maximum Gasteiger partial charge on any atom is 0.264 e. The van der Waals surface area contributed by atoms with E-state index in [1.54, 1.807) is 15.9 Å². The minimum Gasteiger partial charge on any atom is -0.357 e. The molecule has 0 unspecified atom stereocenters. The van der Waals surface area contributed by atoms with Gasteiger partial charge in [0.25, 0.3) is 5.56 Å². The van der Waals surface area contributed by atoms with Gasteiger partial charge in [-0.3, -0.25) is 9.36 Å². The zero-order valence-electron chi connectivity index (χ0n) is 14.5. The monoisotopic (exact) mass is 365 g/mol. The highest BCUT2D eigenvalue weighted by Crippen LogP contribution is 2.35. The normalized spacial score (nSPS) is 14.0. The van der Waals surface area contributed by atoms with Gasteiger partial charge >= 0.3 is 0 Å². The quantitative estimate of drug-likeness (QED) is 0.606. The number of hydrogen-bond acceptors (Lipinski definition) is 5. The summed E-state index contributed by atoms with van der Waals surface area (Å²) in [7, 11) is 1.84. The highest BCUT2D eigenvalue weighted by molar-refractivity contribution is 7.19. The number of fused-ring (bicyclic) bond motifs is 5. The molecule has 4 aromatic rings. The Morgan fingerprint density at radius 3 is 2.77 bits per heavy atom. The van der Waals surface area contributed by atoms with Crippen molar-refractivity contribution in [3.8, 4) is 0 Å². The minimum atomic E-state index is 0.0470. The molecule has 0 saturated heterocycles. The fourth-order valence-corrected chi connectivity index (χ4v) is 5.24. The predicted molar refractivity (Wildman–Crippen MR) is 104 cm³/mol. The highest BCUT2D eigenvalue weighted by Gasteiger charge is 2.24. The maximum atomic E-state index is 13.4. The van der Waals surface area contributed by atoms with Crippen molar-refractivity contribution >= 4 is 33.3 Å². The van der Waals surface area contributed by atoms with Crippen molar-refractivity contribution in [3.05, 3.63) is 56.7 Å². The van der Waals surface area contributed by atoms with Gasteiger partial charge in [0.15, 0.2) is 0 Å². The first-order valence-electron chi connectivity index (χ1n) is 8.92.